The molecule has 5 heteroatoms. The van der Waals surface area contributed by atoms with Crippen LogP contribution in [0.15, 0.2) is 97.2 Å². The van der Waals surface area contributed by atoms with Crippen LogP contribution in [-0.4, -0.2) is 36.0 Å². The van der Waals surface area contributed by atoms with Gasteiger partial charge in [-0.15, -0.1) is 0 Å². The number of benzene rings is 4. The Hall–Kier alpha value is -4.56. The summed E-state index contributed by atoms with van der Waals surface area (Å²) in [7, 11) is 1.64. The van der Waals surface area contributed by atoms with Crippen LogP contribution in [0.1, 0.15) is 48.3 Å². The summed E-state index contributed by atoms with van der Waals surface area (Å²) in [6.45, 7) is 3.04. The van der Waals surface area contributed by atoms with Crippen LogP contribution in [0.2, 0.25) is 0 Å². The first-order chi connectivity index (χ1) is 19.5. The van der Waals surface area contributed by atoms with Gasteiger partial charge >= 0.3 is 0 Å². The second-order valence-electron chi connectivity index (χ2n) is 10.9. The van der Waals surface area contributed by atoms with E-state index in [1.165, 1.54) is 10.9 Å². The van der Waals surface area contributed by atoms with Gasteiger partial charge in [0.15, 0.2) is 0 Å². The second-order valence-corrected chi connectivity index (χ2v) is 10.9. The van der Waals surface area contributed by atoms with Crippen LogP contribution in [0, 0.1) is 16.7 Å². The topological polar surface area (TPSA) is 69.1 Å². The van der Waals surface area contributed by atoms with Crippen LogP contribution in [0.25, 0.3) is 21.7 Å². The predicted octanol–water partition coefficient (Wildman–Crippen LogP) is 7.40. The summed E-state index contributed by atoms with van der Waals surface area (Å²) in [6.07, 6.45) is 3.84. The lowest BCUT2D eigenvalue weighted by Gasteiger charge is -2.39. The molecule has 2 heterocycles. The maximum absolute atomic E-state index is 14.4. The van der Waals surface area contributed by atoms with Gasteiger partial charge in [0, 0.05) is 41.7 Å². The smallest absolute Gasteiger partial charge is 0.243 e. The fraction of sp³-hybridized carbons (Fsp3) is 0.257. The molecule has 1 aliphatic heterocycles. The largest absolute Gasteiger partial charge is 0.496 e. The Balaban J connectivity index is 1.37. The number of hydrogen-bond acceptors (Lipinski definition) is 3. The third-order valence-electron chi connectivity index (χ3n) is 8.68. The molecule has 4 aromatic carbocycles. The average Bonchev–Trinajstić information content (AvgIpc) is 3.45. The van der Waals surface area contributed by atoms with Crippen molar-refractivity contribution in [2.24, 2.45) is 5.41 Å². The quantitative estimate of drug-likeness (QED) is 0.250. The van der Waals surface area contributed by atoms with Crippen molar-refractivity contribution >= 4 is 27.6 Å². The number of para-hydroxylation sites is 2. The average molecular weight is 528 g/mol. The number of methoxy groups -OCH3 is 1. The minimum absolute atomic E-state index is 0.129. The number of H-pyrrole nitrogens is 1. The van der Waals surface area contributed by atoms with Gasteiger partial charge in [-0.2, -0.15) is 5.26 Å². The molecule has 40 heavy (non-hydrogen) atoms. The number of rotatable bonds is 6. The molecule has 0 unspecified atom stereocenters. The summed E-state index contributed by atoms with van der Waals surface area (Å²) in [5.41, 5.74) is 2.91. The molecule has 0 saturated carbocycles. The number of amides is 1. The number of hydrogen-bond donors (Lipinski definition) is 1. The zero-order valence-corrected chi connectivity index (χ0v) is 22.9. The summed E-state index contributed by atoms with van der Waals surface area (Å²) >= 11 is 0. The first kappa shape index (κ1) is 25.7. The van der Waals surface area contributed by atoms with E-state index in [-0.39, 0.29) is 5.91 Å². The van der Waals surface area contributed by atoms with E-state index in [9.17, 15) is 10.1 Å². The van der Waals surface area contributed by atoms with Crippen molar-refractivity contribution in [1.82, 2.24) is 9.88 Å². The molecule has 1 N–H and O–H groups in total. The number of likely N-dealkylation sites (tertiary alicyclic amines) is 1. The zero-order valence-electron chi connectivity index (χ0n) is 22.9. The van der Waals surface area contributed by atoms with Crippen LogP contribution in [-0.2, 0) is 4.79 Å². The Morgan fingerprint density at radius 3 is 2.35 bits per heavy atom. The number of fused-ring (bicyclic) bond motifs is 2. The molecule has 0 radical (unpaired) electrons. The summed E-state index contributed by atoms with van der Waals surface area (Å²) in [5.74, 6) is 0.402. The van der Waals surface area contributed by atoms with Crippen molar-refractivity contribution < 1.29 is 9.53 Å². The third-order valence-corrected chi connectivity index (χ3v) is 8.68. The molecule has 0 bridgehead atoms. The predicted molar refractivity (Wildman–Crippen MR) is 159 cm³/mol. The molecule has 0 aliphatic carbocycles. The number of aromatic nitrogens is 1. The minimum atomic E-state index is -1.34. The standard InChI is InChI=1S/C35H33N3O2/c1-35(23-36,34(39)38-20-18-25(19-21-38)30-22-37-31-16-7-5-13-27(30)31)33(29-14-6-8-17-32(29)40-2)28-15-9-11-24-10-3-4-12-26(24)28/h3-17,22,25,33,37H,18-21H2,1-2H3/t33-,35+/m0/s1. The van der Waals surface area contributed by atoms with E-state index < -0.39 is 11.3 Å². The van der Waals surface area contributed by atoms with Crippen LogP contribution in [0.5, 0.6) is 5.75 Å². The molecule has 1 saturated heterocycles. The Kier molecular flexibility index (Phi) is 6.77. The molecular formula is C35H33N3O2. The number of ether oxygens (including phenoxy) is 1. The van der Waals surface area contributed by atoms with Gasteiger partial charge in [0.2, 0.25) is 5.91 Å². The highest BCUT2D eigenvalue weighted by atomic mass is 16.5. The van der Waals surface area contributed by atoms with Crippen molar-refractivity contribution in [2.45, 2.75) is 31.6 Å². The molecular weight excluding hydrogens is 494 g/mol. The third kappa shape index (κ3) is 4.30. The Labute approximate surface area is 235 Å². The van der Waals surface area contributed by atoms with Gasteiger partial charge in [0.1, 0.15) is 11.2 Å². The summed E-state index contributed by atoms with van der Waals surface area (Å²) in [5, 5.41) is 14.2. The molecule has 1 fully saturated rings. The normalized spacial score (nSPS) is 16.4. The zero-order chi connectivity index (χ0) is 27.7. The van der Waals surface area contributed by atoms with Crippen molar-refractivity contribution in [1.29, 1.82) is 5.26 Å². The van der Waals surface area contributed by atoms with E-state index in [0.717, 1.165) is 40.3 Å². The van der Waals surface area contributed by atoms with Crippen molar-refractivity contribution in [3.63, 3.8) is 0 Å². The lowest BCUT2D eigenvalue weighted by molar-refractivity contribution is -0.140. The first-order valence-corrected chi connectivity index (χ1v) is 13.9. The second kappa shape index (κ2) is 10.5. The summed E-state index contributed by atoms with van der Waals surface area (Å²) in [4.78, 5) is 19.7. The molecule has 6 rings (SSSR count). The van der Waals surface area contributed by atoms with Crippen molar-refractivity contribution in [3.05, 3.63) is 114 Å². The number of carbonyl (C=O) groups excluding carboxylic acids is 1. The SMILES string of the molecule is COc1ccccc1[C@H](c1cccc2ccccc12)[C@@](C)(C#N)C(=O)N1CCC(c2c[nH]c3ccccc23)CC1. The summed E-state index contributed by atoms with van der Waals surface area (Å²) in [6, 6.07) is 32.9. The maximum atomic E-state index is 14.4. The fourth-order valence-electron chi connectivity index (χ4n) is 6.59. The molecule has 200 valence electrons. The lowest BCUT2D eigenvalue weighted by Crippen LogP contribution is -2.48. The van der Waals surface area contributed by atoms with Crippen LogP contribution in [0.4, 0.5) is 0 Å². The van der Waals surface area contributed by atoms with Gasteiger partial charge in [-0.3, -0.25) is 4.79 Å². The maximum Gasteiger partial charge on any atom is 0.243 e. The van der Waals surface area contributed by atoms with E-state index >= 15 is 0 Å². The number of nitrogens with zero attached hydrogens (tertiary/aromatic N) is 2. The molecule has 5 aromatic rings. The number of nitrogens with one attached hydrogen (secondary N) is 1. The van der Waals surface area contributed by atoms with E-state index in [2.05, 4.69) is 53.6 Å². The van der Waals surface area contributed by atoms with E-state index in [4.69, 9.17) is 4.74 Å². The summed E-state index contributed by atoms with van der Waals surface area (Å²) < 4.78 is 5.78. The number of nitriles is 1. The number of piperidine rings is 1. The van der Waals surface area contributed by atoms with Crippen molar-refractivity contribution in [3.8, 4) is 11.8 Å². The Morgan fingerprint density at radius 2 is 1.57 bits per heavy atom. The number of carbonyl (C=O) groups is 1. The Bertz CT molecular complexity index is 1720. The molecule has 5 nitrogen and oxygen atoms in total. The highest BCUT2D eigenvalue weighted by Gasteiger charge is 2.47. The molecule has 0 spiro atoms. The van der Waals surface area contributed by atoms with Gasteiger partial charge in [0.25, 0.3) is 0 Å². The van der Waals surface area contributed by atoms with Crippen LogP contribution < -0.4 is 4.74 Å². The lowest BCUT2D eigenvalue weighted by atomic mass is 9.68. The van der Waals surface area contributed by atoms with Gasteiger partial charge in [0.05, 0.1) is 13.2 Å². The van der Waals surface area contributed by atoms with E-state index in [1.54, 1.807) is 14.0 Å². The Morgan fingerprint density at radius 1 is 0.925 bits per heavy atom. The number of aromatic amines is 1. The van der Waals surface area contributed by atoms with Gasteiger partial charge < -0.3 is 14.6 Å². The van der Waals surface area contributed by atoms with Gasteiger partial charge in [-0.1, -0.05) is 78.9 Å². The first-order valence-electron chi connectivity index (χ1n) is 13.9. The molecule has 1 aliphatic rings. The fourth-order valence-corrected chi connectivity index (χ4v) is 6.59. The highest BCUT2D eigenvalue weighted by Crippen LogP contribution is 2.48. The van der Waals surface area contributed by atoms with Gasteiger partial charge in [-0.05, 0) is 59.7 Å². The van der Waals surface area contributed by atoms with E-state index in [0.29, 0.717) is 24.8 Å². The van der Waals surface area contributed by atoms with Crippen LogP contribution >= 0.6 is 0 Å². The van der Waals surface area contributed by atoms with E-state index in [1.807, 2.05) is 59.5 Å². The molecule has 2 atom stereocenters. The monoisotopic (exact) mass is 527 g/mol. The molecule has 1 aromatic heterocycles. The minimum Gasteiger partial charge on any atom is -0.496 e. The van der Waals surface area contributed by atoms with Gasteiger partial charge in [-0.25, -0.2) is 0 Å². The highest BCUT2D eigenvalue weighted by molar-refractivity contribution is 5.92. The van der Waals surface area contributed by atoms with Crippen LogP contribution in [0.3, 0.4) is 0 Å². The van der Waals surface area contributed by atoms with Crippen molar-refractivity contribution in [2.75, 3.05) is 20.2 Å². The molecule has 1 amide bonds.